The molecule has 0 atom stereocenters. The van der Waals surface area contributed by atoms with Crippen molar-refractivity contribution >= 4 is 22.5 Å². The van der Waals surface area contributed by atoms with Crippen LogP contribution in [-0.4, -0.2) is 29.6 Å². The minimum Gasteiger partial charge on any atom is -0.489 e. The van der Waals surface area contributed by atoms with Gasteiger partial charge in [0.25, 0.3) is 0 Å². The number of hydrogen-bond acceptors (Lipinski definition) is 3. The molecule has 0 fully saturated rings. The van der Waals surface area contributed by atoms with E-state index in [0.717, 1.165) is 22.3 Å². The van der Waals surface area contributed by atoms with Crippen molar-refractivity contribution in [3.8, 4) is 18.1 Å². The van der Waals surface area contributed by atoms with Crippen LogP contribution in [0.1, 0.15) is 19.5 Å². The Hall–Kier alpha value is -1.76. The highest BCUT2D eigenvalue weighted by Crippen LogP contribution is 2.31. The largest absolute Gasteiger partial charge is 0.489 e. The standard InChI is InChI=1S/C17H19ClN2O/c1-5-10-20(4)11-13-6-7-14-15(18)8-9-16(17(14)19-13)21-12(2)3/h1,6-9,12H,10-11H2,2-4H3. The molecule has 3 nitrogen and oxygen atoms in total. The van der Waals surface area contributed by atoms with Crippen LogP contribution in [-0.2, 0) is 6.54 Å². The summed E-state index contributed by atoms with van der Waals surface area (Å²) in [6.07, 6.45) is 5.41. The molecule has 2 aromatic rings. The Labute approximate surface area is 130 Å². The van der Waals surface area contributed by atoms with E-state index in [4.69, 9.17) is 27.7 Å². The first kappa shape index (κ1) is 15.6. The number of aromatic nitrogens is 1. The molecule has 0 unspecified atom stereocenters. The molecule has 0 bridgehead atoms. The number of pyridine rings is 1. The summed E-state index contributed by atoms with van der Waals surface area (Å²) in [4.78, 5) is 6.72. The molecule has 0 aliphatic rings. The van der Waals surface area contributed by atoms with Crippen LogP contribution in [0.5, 0.6) is 5.75 Å². The van der Waals surface area contributed by atoms with Gasteiger partial charge in [0.2, 0.25) is 0 Å². The highest BCUT2D eigenvalue weighted by molar-refractivity contribution is 6.35. The summed E-state index contributed by atoms with van der Waals surface area (Å²) in [5, 5.41) is 1.58. The third-order valence-electron chi connectivity index (χ3n) is 2.98. The van der Waals surface area contributed by atoms with Crippen molar-refractivity contribution in [3.63, 3.8) is 0 Å². The SMILES string of the molecule is C#CCN(C)Cc1ccc2c(Cl)ccc(OC(C)C)c2n1. The monoisotopic (exact) mass is 302 g/mol. The van der Waals surface area contributed by atoms with E-state index in [2.05, 4.69) is 5.92 Å². The van der Waals surface area contributed by atoms with Gasteiger partial charge in [-0.2, -0.15) is 0 Å². The van der Waals surface area contributed by atoms with E-state index in [0.29, 0.717) is 18.1 Å². The van der Waals surface area contributed by atoms with Gasteiger partial charge in [0, 0.05) is 11.9 Å². The molecule has 0 N–H and O–H groups in total. The quantitative estimate of drug-likeness (QED) is 0.787. The first-order valence-corrected chi connectivity index (χ1v) is 7.26. The maximum absolute atomic E-state index is 6.24. The average Bonchev–Trinajstić information content (AvgIpc) is 2.42. The van der Waals surface area contributed by atoms with E-state index in [-0.39, 0.29) is 6.10 Å². The van der Waals surface area contributed by atoms with Crippen molar-refractivity contribution in [2.45, 2.75) is 26.5 Å². The van der Waals surface area contributed by atoms with Crippen molar-refractivity contribution < 1.29 is 4.74 Å². The molecule has 0 amide bonds. The van der Waals surface area contributed by atoms with Crippen LogP contribution >= 0.6 is 11.6 Å². The van der Waals surface area contributed by atoms with Gasteiger partial charge in [-0.1, -0.05) is 17.5 Å². The molecule has 4 heteroatoms. The minimum absolute atomic E-state index is 0.0870. The van der Waals surface area contributed by atoms with Gasteiger partial charge in [-0.25, -0.2) is 4.98 Å². The Morgan fingerprint density at radius 1 is 1.33 bits per heavy atom. The Kier molecular flexibility index (Phi) is 5.06. The van der Waals surface area contributed by atoms with Crippen LogP contribution in [0.25, 0.3) is 10.9 Å². The molecule has 21 heavy (non-hydrogen) atoms. The number of terminal acetylenes is 1. The summed E-state index contributed by atoms with van der Waals surface area (Å²) in [6, 6.07) is 7.66. The van der Waals surface area contributed by atoms with Crippen LogP contribution in [0.15, 0.2) is 24.3 Å². The van der Waals surface area contributed by atoms with Crippen molar-refractivity contribution in [2.24, 2.45) is 0 Å². The Balaban J connectivity index is 2.42. The van der Waals surface area contributed by atoms with Gasteiger partial charge in [-0.15, -0.1) is 6.42 Å². The van der Waals surface area contributed by atoms with Crippen LogP contribution < -0.4 is 4.74 Å². The Bertz CT molecular complexity index is 676. The zero-order valence-electron chi connectivity index (χ0n) is 12.6. The second-order valence-electron chi connectivity index (χ2n) is 5.29. The van der Waals surface area contributed by atoms with Crippen LogP contribution in [0.2, 0.25) is 5.02 Å². The van der Waals surface area contributed by atoms with Gasteiger partial charge in [0.05, 0.1) is 23.4 Å². The predicted octanol–water partition coefficient (Wildman–Crippen LogP) is 3.74. The Morgan fingerprint density at radius 2 is 2.10 bits per heavy atom. The summed E-state index contributed by atoms with van der Waals surface area (Å²) in [5.41, 5.74) is 1.74. The molecule has 0 saturated carbocycles. The van der Waals surface area contributed by atoms with Crippen LogP contribution in [0.3, 0.4) is 0 Å². The minimum atomic E-state index is 0.0870. The van der Waals surface area contributed by atoms with E-state index in [1.165, 1.54) is 0 Å². The number of fused-ring (bicyclic) bond motifs is 1. The Morgan fingerprint density at radius 3 is 2.76 bits per heavy atom. The molecule has 1 heterocycles. The lowest BCUT2D eigenvalue weighted by molar-refractivity contribution is 0.245. The van der Waals surface area contributed by atoms with Gasteiger partial charge >= 0.3 is 0 Å². The summed E-state index contributed by atoms with van der Waals surface area (Å²) in [6.45, 7) is 5.26. The maximum atomic E-state index is 6.24. The smallest absolute Gasteiger partial charge is 0.146 e. The summed E-state index contributed by atoms with van der Waals surface area (Å²) in [7, 11) is 1.97. The van der Waals surface area contributed by atoms with E-state index in [1.807, 2.05) is 50.1 Å². The number of halogens is 1. The van der Waals surface area contributed by atoms with Crippen molar-refractivity contribution in [3.05, 3.63) is 35.0 Å². The zero-order valence-corrected chi connectivity index (χ0v) is 13.3. The van der Waals surface area contributed by atoms with Crippen molar-refractivity contribution in [2.75, 3.05) is 13.6 Å². The first-order chi connectivity index (χ1) is 10.0. The molecule has 110 valence electrons. The lowest BCUT2D eigenvalue weighted by Crippen LogP contribution is -2.18. The lowest BCUT2D eigenvalue weighted by atomic mass is 10.2. The molecule has 1 aromatic carbocycles. The maximum Gasteiger partial charge on any atom is 0.146 e. The molecule has 2 rings (SSSR count). The topological polar surface area (TPSA) is 25.4 Å². The van der Waals surface area contributed by atoms with E-state index in [9.17, 15) is 0 Å². The highest BCUT2D eigenvalue weighted by Gasteiger charge is 2.10. The summed E-state index contributed by atoms with van der Waals surface area (Å²) >= 11 is 6.24. The highest BCUT2D eigenvalue weighted by atomic mass is 35.5. The predicted molar refractivity (Wildman–Crippen MR) is 87.7 cm³/mol. The fraction of sp³-hybridized carbons (Fsp3) is 0.353. The van der Waals surface area contributed by atoms with Gasteiger partial charge in [-0.3, -0.25) is 4.90 Å². The molecule has 1 aromatic heterocycles. The molecule has 0 aliphatic heterocycles. The third kappa shape index (κ3) is 3.87. The second-order valence-corrected chi connectivity index (χ2v) is 5.69. The molecule has 0 saturated heterocycles. The zero-order chi connectivity index (χ0) is 15.4. The average molecular weight is 303 g/mol. The number of benzene rings is 1. The second kappa shape index (κ2) is 6.80. The van der Waals surface area contributed by atoms with Crippen LogP contribution in [0.4, 0.5) is 0 Å². The van der Waals surface area contributed by atoms with Crippen molar-refractivity contribution in [1.29, 1.82) is 0 Å². The molecule has 0 spiro atoms. The molecule has 0 aliphatic carbocycles. The van der Waals surface area contributed by atoms with Gasteiger partial charge in [-0.05, 0) is 45.2 Å². The fourth-order valence-corrected chi connectivity index (χ4v) is 2.34. The third-order valence-corrected chi connectivity index (χ3v) is 3.31. The fourth-order valence-electron chi connectivity index (χ4n) is 2.12. The van der Waals surface area contributed by atoms with Gasteiger partial charge in [0.1, 0.15) is 11.3 Å². The van der Waals surface area contributed by atoms with Crippen molar-refractivity contribution in [1.82, 2.24) is 9.88 Å². The lowest BCUT2D eigenvalue weighted by Gasteiger charge is -2.15. The van der Waals surface area contributed by atoms with E-state index >= 15 is 0 Å². The number of nitrogens with zero attached hydrogens (tertiary/aromatic N) is 2. The number of hydrogen-bond donors (Lipinski definition) is 0. The number of rotatable bonds is 5. The summed E-state index contributed by atoms with van der Waals surface area (Å²) < 4.78 is 5.82. The van der Waals surface area contributed by atoms with Gasteiger partial charge in [0.15, 0.2) is 0 Å². The normalized spacial score (nSPS) is 11.1. The molecular weight excluding hydrogens is 284 g/mol. The van der Waals surface area contributed by atoms with Gasteiger partial charge < -0.3 is 4.74 Å². The van der Waals surface area contributed by atoms with Crippen LogP contribution in [0, 0.1) is 12.3 Å². The summed E-state index contributed by atoms with van der Waals surface area (Å²) in [5.74, 6) is 3.38. The molecule has 0 radical (unpaired) electrons. The number of ether oxygens (including phenoxy) is 1. The van der Waals surface area contributed by atoms with E-state index in [1.54, 1.807) is 0 Å². The first-order valence-electron chi connectivity index (χ1n) is 6.88. The van der Waals surface area contributed by atoms with E-state index < -0.39 is 0 Å². The molecular formula is C17H19ClN2O.